The predicted octanol–water partition coefficient (Wildman–Crippen LogP) is 3.73. The number of nitrogens with zero attached hydrogens (tertiary/aromatic N) is 4. The van der Waals surface area contributed by atoms with Gasteiger partial charge in [-0.25, -0.2) is 9.48 Å². The number of carbonyl (C=O) groups is 1. The van der Waals surface area contributed by atoms with Crippen LogP contribution in [-0.4, -0.2) is 26.2 Å². The number of carbonyl (C=O) groups excluding carboxylic acids is 1. The van der Waals surface area contributed by atoms with Gasteiger partial charge in [0.05, 0.1) is 11.3 Å². The van der Waals surface area contributed by atoms with Crippen LogP contribution in [0.5, 0.6) is 0 Å². The predicted molar refractivity (Wildman–Crippen MR) is 96.9 cm³/mol. The third-order valence-corrected chi connectivity index (χ3v) is 4.24. The summed E-state index contributed by atoms with van der Waals surface area (Å²) < 4.78 is 7.14. The van der Waals surface area contributed by atoms with Crippen LogP contribution >= 0.6 is 0 Å². The number of tetrazole rings is 1. The molecule has 6 nitrogen and oxygen atoms in total. The molecule has 6 heteroatoms. The third-order valence-electron chi connectivity index (χ3n) is 4.24. The molecule has 0 radical (unpaired) electrons. The maximum Gasteiger partial charge on any atom is 0.338 e. The van der Waals surface area contributed by atoms with Gasteiger partial charge in [-0.1, -0.05) is 36.4 Å². The molecule has 3 aromatic carbocycles. The Morgan fingerprint density at radius 2 is 1.77 bits per heavy atom. The molecular formula is C20H16N4O2. The molecule has 128 valence electrons. The molecular weight excluding hydrogens is 328 g/mol. The molecule has 0 saturated carbocycles. The van der Waals surface area contributed by atoms with Gasteiger partial charge in [0.1, 0.15) is 12.4 Å². The third kappa shape index (κ3) is 3.17. The zero-order valence-electron chi connectivity index (χ0n) is 14.1. The Bertz CT molecular complexity index is 1040. The smallest absolute Gasteiger partial charge is 0.338 e. The number of hydrogen-bond donors (Lipinski definition) is 0. The van der Waals surface area contributed by atoms with Crippen LogP contribution in [0.3, 0.4) is 0 Å². The van der Waals surface area contributed by atoms with E-state index in [4.69, 9.17) is 4.74 Å². The summed E-state index contributed by atoms with van der Waals surface area (Å²) >= 11 is 0. The van der Waals surface area contributed by atoms with Gasteiger partial charge in [0.25, 0.3) is 0 Å². The monoisotopic (exact) mass is 344 g/mol. The first kappa shape index (κ1) is 16.0. The molecule has 0 amide bonds. The van der Waals surface area contributed by atoms with Crippen LogP contribution in [0.15, 0.2) is 73.1 Å². The lowest BCUT2D eigenvalue weighted by atomic mass is 10.0. The van der Waals surface area contributed by atoms with E-state index < -0.39 is 0 Å². The van der Waals surface area contributed by atoms with Crippen molar-refractivity contribution in [2.75, 3.05) is 0 Å². The molecule has 0 saturated heterocycles. The van der Waals surface area contributed by atoms with Crippen molar-refractivity contribution in [2.45, 2.75) is 13.0 Å². The summed E-state index contributed by atoms with van der Waals surface area (Å²) in [5.41, 5.74) is 2.21. The van der Waals surface area contributed by atoms with E-state index in [0.29, 0.717) is 5.56 Å². The first-order valence-corrected chi connectivity index (χ1v) is 8.24. The molecule has 4 rings (SSSR count). The minimum atomic E-state index is -0.367. The summed E-state index contributed by atoms with van der Waals surface area (Å²) in [4.78, 5) is 12.4. The summed E-state index contributed by atoms with van der Waals surface area (Å²) in [6, 6.07) is 21.1. The van der Waals surface area contributed by atoms with Gasteiger partial charge < -0.3 is 4.74 Å². The number of ether oxygens (including phenoxy) is 1. The van der Waals surface area contributed by atoms with Crippen molar-refractivity contribution >= 4 is 16.7 Å². The first-order valence-electron chi connectivity index (χ1n) is 8.24. The van der Waals surface area contributed by atoms with E-state index in [0.717, 1.165) is 22.0 Å². The second-order valence-electron chi connectivity index (χ2n) is 5.96. The van der Waals surface area contributed by atoms with E-state index in [1.807, 2.05) is 43.3 Å². The molecule has 1 aromatic heterocycles. The van der Waals surface area contributed by atoms with Gasteiger partial charge in [-0.15, -0.1) is 5.10 Å². The second-order valence-corrected chi connectivity index (χ2v) is 5.96. The standard InChI is InChI=1S/C20H16N4O2/c1-14(17-7-6-15-4-2-3-5-18(15)12-17)26-20(25)16-8-10-19(11-9-16)24-13-21-22-23-24/h2-14H,1H3. The zero-order valence-corrected chi connectivity index (χ0v) is 14.1. The molecule has 0 fully saturated rings. The number of benzene rings is 3. The maximum atomic E-state index is 12.4. The largest absolute Gasteiger partial charge is 0.454 e. The molecule has 0 aliphatic rings. The summed E-state index contributed by atoms with van der Waals surface area (Å²) in [5.74, 6) is -0.367. The summed E-state index contributed by atoms with van der Waals surface area (Å²) in [5, 5.41) is 13.3. The fourth-order valence-electron chi connectivity index (χ4n) is 2.79. The highest BCUT2D eigenvalue weighted by atomic mass is 16.5. The maximum absolute atomic E-state index is 12.4. The van der Waals surface area contributed by atoms with Crippen molar-refractivity contribution in [3.63, 3.8) is 0 Å². The molecule has 1 unspecified atom stereocenters. The van der Waals surface area contributed by atoms with Gasteiger partial charge >= 0.3 is 5.97 Å². The SMILES string of the molecule is CC(OC(=O)c1ccc(-n2cnnn2)cc1)c1ccc2ccccc2c1. The molecule has 26 heavy (non-hydrogen) atoms. The van der Waals surface area contributed by atoms with Gasteiger partial charge in [0.2, 0.25) is 0 Å². The van der Waals surface area contributed by atoms with Gasteiger partial charge in [-0.2, -0.15) is 0 Å². The summed E-state index contributed by atoms with van der Waals surface area (Å²) in [7, 11) is 0. The molecule has 1 heterocycles. The Morgan fingerprint density at radius 1 is 1.00 bits per heavy atom. The van der Waals surface area contributed by atoms with Gasteiger partial charge in [-0.05, 0) is 64.0 Å². The second kappa shape index (κ2) is 6.76. The molecule has 1 atom stereocenters. The van der Waals surface area contributed by atoms with Crippen molar-refractivity contribution < 1.29 is 9.53 Å². The Morgan fingerprint density at radius 3 is 2.50 bits per heavy atom. The summed E-state index contributed by atoms with van der Waals surface area (Å²) in [6.45, 7) is 1.87. The van der Waals surface area contributed by atoms with Crippen LogP contribution in [0.1, 0.15) is 28.9 Å². The average molecular weight is 344 g/mol. The molecule has 0 bridgehead atoms. The van der Waals surface area contributed by atoms with E-state index in [1.54, 1.807) is 24.3 Å². The van der Waals surface area contributed by atoms with Crippen molar-refractivity contribution in [1.29, 1.82) is 0 Å². The Kier molecular flexibility index (Phi) is 4.15. The van der Waals surface area contributed by atoms with Crippen LogP contribution in [0, 0.1) is 0 Å². The van der Waals surface area contributed by atoms with Crippen molar-refractivity contribution in [2.24, 2.45) is 0 Å². The van der Waals surface area contributed by atoms with Crippen molar-refractivity contribution in [3.8, 4) is 5.69 Å². The van der Waals surface area contributed by atoms with Crippen LogP contribution in [0.4, 0.5) is 0 Å². The fourth-order valence-corrected chi connectivity index (χ4v) is 2.79. The van der Waals surface area contributed by atoms with Gasteiger partial charge in [0, 0.05) is 0 Å². The topological polar surface area (TPSA) is 69.9 Å². The quantitative estimate of drug-likeness (QED) is 0.528. The molecule has 0 N–H and O–H groups in total. The minimum absolute atomic E-state index is 0.341. The van der Waals surface area contributed by atoms with E-state index in [2.05, 4.69) is 21.6 Å². The van der Waals surface area contributed by atoms with Gasteiger partial charge in [0.15, 0.2) is 0 Å². The Labute approximate surface area is 150 Å². The molecule has 0 aliphatic carbocycles. The lowest BCUT2D eigenvalue weighted by Gasteiger charge is -2.14. The fraction of sp³-hybridized carbons (Fsp3) is 0.100. The highest BCUT2D eigenvalue weighted by molar-refractivity contribution is 5.90. The number of aromatic nitrogens is 4. The van der Waals surface area contributed by atoms with E-state index in [-0.39, 0.29) is 12.1 Å². The normalized spacial score (nSPS) is 12.0. The van der Waals surface area contributed by atoms with Crippen LogP contribution < -0.4 is 0 Å². The van der Waals surface area contributed by atoms with Crippen LogP contribution in [-0.2, 0) is 4.74 Å². The number of fused-ring (bicyclic) bond motifs is 1. The lowest BCUT2D eigenvalue weighted by Crippen LogP contribution is -2.09. The number of rotatable bonds is 4. The Hall–Kier alpha value is -3.54. The molecule has 0 spiro atoms. The van der Waals surface area contributed by atoms with Crippen molar-refractivity contribution in [1.82, 2.24) is 20.2 Å². The van der Waals surface area contributed by atoms with Gasteiger partial charge in [-0.3, -0.25) is 0 Å². The average Bonchev–Trinajstić information content (AvgIpc) is 3.22. The first-order chi connectivity index (χ1) is 12.7. The highest BCUT2D eigenvalue weighted by Gasteiger charge is 2.14. The Balaban J connectivity index is 1.49. The minimum Gasteiger partial charge on any atom is -0.454 e. The van der Waals surface area contributed by atoms with E-state index >= 15 is 0 Å². The number of esters is 1. The van der Waals surface area contributed by atoms with Crippen LogP contribution in [0.25, 0.3) is 16.5 Å². The number of hydrogen-bond acceptors (Lipinski definition) is 5. The summed E-state index contributed by atoms with van der Waals surface area (Å²) in [6.07, 6.45) is 1.15. The molecule has 4 aromatic rings. The van der Waals surface area contributed by atoms with E-state index in [9.17, 15) is 4.79 Å². The van der Waals surface area contributed by atoms with E-state index in [1.165, 1.54) is 11.0 Å². The van der Waals surface area contributed by atoms with Crippen LogP contribution in [0.2, 0.25) is 0 Å². The highest BCUT2D eigenvalue weighted by Crippen LogP contribution is 2.23. The molecule has 0 aliphatic heterocycles. The lowest BCUT2D eigenvalue weighted by molar-refractivity contribution is 0.0338. The zero-order chi connectivity index (χ0) is 17.9. The van der Waals surface area contributed by atoms with Crippen molar-refractivity contribution in [3.05, 3.63) is 84.2 Å².